The summed E-state index contributed by atoms with van der Waals surface area (Å²) in [5, 5.41) is 0. The summed E-state index contributed by atoms with van der Waals surface area (Å²) in [6, 6.07) is 13.9. The standard InChI is InChI=1S/C17H9F3N2O/c18-17(19,20)11-7-5-10(6-8-11)15-9-14-16(23-15)22-13-4-2-1-3-12(13)21-14/h1-9H. The van der Waals surface area contributed by atoms with Gasteiger partial charge in [0.1, 0.15) is 11.3 Å². The van der Waals surface area contributed by atoms with Crippen LogP contribution in [-0.4, -0.2) is 9.97 Å². The molecule has 0 aliphatic heterocycles. The fraction of sp³-hybridized carbons (Fsp3) is 0.0588. The molecule has 0 saturated carbocycles. The second-order valence-electron chi connectivity index (χ2n) is 5.09. The number of rotatable bonds is 1. The van der Waals surface area contributed by atoms with Crippen molar-refractivity contribution < 1.29 is 17.6 Å². The second-order valence-corrected chi connectivity index (χ2v) is 5.09. The van der Waals surface area contributed by atoms with Gasteiger partial charge in [0.2, 0.25) is 5.71 Å². The summed E-state index contributed by atoms with van der Waals surface area (Å²) in [7, 11) is 0. The Labute approximate surface area is 128 Å². The van der Waals surface area contributed by atoms with E-state index in [1.54, 1.807) is 6.07 Å². The number of fused-ring (bicyclic) bond motifs is 2. The Morgan fingerprint density at radius 3 is 2.09 bits per heavy atom. The van der Waals surface area contributed by atoms with Crippen LogP contribution < -0.4 is 0 Å². The van der Waals surface area contributed by atoms with Gasteiger partial charge in [-0.25, -0.2) is 9.97 Å². The normalized spacial score (nSPS) is 12.1. The fourth-order valence-corrected chi connectivity index (χ4v) is 2.39. The molecule has 0 saturated heterocycles. The summed E-state index contributed by atoms with van der Waals surface area (Å²) >= 11 is 0. The summed E-state index contributed by atoms with van der Waals surface area (Å²) in [4.78, 5) is 8.82. The van der Waals surface area contributed by atoms with Gasteiger partial charge in [-0.2, -0.15) is 13.2 Å². The highest BCUT2D eigenvalue weighted by Gasteiger charge is 2.30. The van der Waals surface area contributed by atoms with Crippen LogP contribution in [0.1, 0.15) is 5.56 Å². The van der Waals surface area contributed by atoms with Crippen LogP contribution in [0.3, 0.4) is 0 Å². The van der Waals surface area contributed by atoms with Gasteiger partial charge >= 0.3 is 6.18 Å². The minimum Gasteiger partial charge on any atom is -0.436 e. The van der Waals surface area contributed by atoms with Crippen LogP contribution in [-0.2, 0) is 6.18 Å². The van der Waals surface area contributed by atoms with Gasteiger partial charge in [0.05, 0.1) is 16.6 Å². The van der Waals surface area contributed by atoms with Crippen molar-refractivity contribution in [2.75, 3.05) is 0 Å². The molecule has 0 fully saturated rings. The van der Waals surface area contributed by atoms with E-state index in [0.717, 1.165) is 17.6 Å². The van der Waals surface area contributed by atoms with Crippen molar-refractivity contribution in [1.82, 2.24) is 9.97 Å². The molecule has 0 spiro atoms. The maximum atomic E-state index is 12.6. The highest BCUT2D eigenvalue weighted by atomic mass is 19.4. The number of nitrogens with zero attached hydrogens (tertiary/aromatic N) is 2. The predicted octanol–water partition coefficient (Wildman–Crippen LogP) is 5.06. The van der Waals surface area contributed by atoms with Gasteiger partial charge in [-0.15, -0.1) is 0 Å². The number of halogens is 3. The Morgan fingerprint density at radius 1 is 0.783 bits per heavy atom. The van der Waals surface area contributed by atoms with E-state index in [1.165, 1.54) is 12.1 Å². The van der Waals surface area contributed by atoms with Gasteiger partial charge in [-0.1, -0.05) is 24.3 Å². The molecule has 2 aromatic carbocycles. The van der Waals surface area contributed by atoms with E-state index in [2.05, 4.69) is 9.97 Å². The largest absolute Gasteiger partial charge is 0.436 e. The van der Waals surface area contributed by atoms with Gasteiger partial charge in [-0.3, -0.25) is 0 Å². The third-order valence-electron chi connectivity index (χ3n) is 3.53. The van der Waals surface area contributed by atoms with Crippen molar-refractivity contribution in [2.45, 2.75) is 6.18 Å². The molecule has 3 nitrogen and oxygen atoms in total. The van der Waals surface area contributed by atoms with Gasteiger partial charge in [0, 0.05) is 11.6 Å². The van der Waals surface area contributed by atoms with Crippen LogP contribution in [0.15, 0.2) is 59.0 Å². The maximum Gasteiger partial charge on any atom is 0.416 e. The minimum atomic E-state index is -4.35. The summed E-state index contributed by atoms with van der Waals surface area (Å²) in [5.74, 6) is 0.434. The molecular formula is C17H9F3N2O. The first-order valence-corrected chi connectivity index (χ1v) is 6.85. The number of benzene rings is 2. The van der Waals surface area contributed by atoms with Gasteiger partial charge < -0.3 is 4.42 Å². The summed E-state index contributed by atoms with van der Waals surface area (Å²) in [6.45, 7) is 0. The SMILES string of the molecule is FC(F)(F)c1ccc(-c2cc3nc4ccccc4nc3o2)cc1. The van der Waals surface area contributed by atoms with Crippen molar-refractivity contribution in [3.8, 4) is 11.3 Å². The molecule has 6 heteroatoms. The lowest BCUT2D eigenvalue weighted by Crippen LogP contribution is -2.03. The molecule has 23 heavy (non-hydrogen) atoms. The van der Waals surface area contributed by atoms with Crippen LogP contribution >= 0.6 is 0 Å². The number of hydrogen-bond donors (Lipinski definition) is 0. The monoisotopic (exact) mass is 314 g/mol. The Bertz CT molecular complexity index is 951. The number of furan rings is 1. The quantitative estimate of drug-likeness (QED) is 0.493. The first-order valence-electron chi connectivity index (χ1n) is 6.85. The van der Waals surface area contributed by atoms with Crippen molar-refractivity contribution in [2.24, 2.45) is 0 Å². The van der Waals surface area contributed by atoms with Crippen molar-refractivity contribution in [3.05, 3.63) is 60.2 Å². The third kappa shape index (κ3) is 2.42. The zero-order valence-electron chi connectivity index (χ0n) is 11.6. The van der Waals surface area contributed by atoms with Crippen LogP contribution in [0.5, 0.6) is 0 Å². The molecule has 114 valence electrons. The summed E-state index contributed by atoms with van der Waals surface area (Å²) < 4.78 is 43.5. The van der Waals surface area contributed by atoms with E-state index in [4.69, 9.17) is 4.42 Å². The van der Waals surface area contributed by atoms with E-state index in [0.29, 0.717) is 28.1 Å². The van der Waals surface area contributed by atoms with Crippen LogP contribution in [0, 0.1) is 0 Å². The molecule has 0 radical (unpaired) electrons. The molecule has 0 N–H and O–H groups in total. The van der Waals surface area contributed by atoms with E-state index in [9.17, 15) is 13.2 Å². The Balaban J connectivity index is 1.81. The van der Waals surface area contributed by atoms with E-state index < -0.39 is 11.7 Å². The highest BCUT2D eigenvalue weighted by Crippen LogP contribution is 2.32. The zero-order chi connectivity index (χ0) is 16.0. The molecule has 0 bridgehead atoms. The smallest absolute Gasteiger partial charge is 0.416 e. The Morgan fingerprint density at radius 2 is 1.43 bits per heavy atom. The molecule has 4 rings (SSSR count). The van der Waals surface area contributed by atoms with Gasteiger partial charge in [0.15, 0.2) is 0 Å². The topological polar surface area (TPSA) is 38.9 Å². The molecular weight excluding hydrogens is 305 g/mol. The summed E-state index contributed by atoms with van der Waals surface area (Å²) in [6.07, 6.45) is -4.35. The maximum absolute atomic E-state index is 12.6. The first kappa shape index (κ1) is 13.8. The van der Waals surface area contributed by atoms with Crippen LogP contribution in [0.2, 0.25) is 0 Å². The summed E-state index contributed by atoms with van der Waals surface area (Å²) in [5.41, 5.74) is 2.21. The zero-order valence-corrected chi connectivity index (χ0v) is 11.6. The Hall–Kier alpha value is -2.89. The minimum absolute atomic E-state index is 0.360. The number of alkyl halides is 3. The van der Waals surface area contributed by atoms with E-state index in [1.807, 2.05) is 24.3 Å². The molecule has 0 aliphatic carbocycles. The molecule has 2 heterocycles. The molecule has 2 aromatic heterocycles. The Kier molecular flexibility index (Phi) is 2.87. The fourth-order valence-electron chi connectivity index (χ4n) is 2.39. The molecule has 4 aromatic rings. The second kappa shape index (κ2) is 4.81. The number of hydrogen-bond acceptors (Lipinski definition) is 3. The lowest BCUT2D eigenvalue weighted by atomic mass is 10.1. The van der Waals surface area contributed by atoms with Gasteiger partial charge in [0.25, 0.3) is 0 Å². The van der Waals surface area contributed by atoms with Gasteiger partial charge in [-0.05, 0) is 24.3 Å². The van der Waals surface area contributed by atoms with Crippen LogP contribution in [0.25, 0.3) is 33.6 Å². The van der Waals surface area contributed by atoms with Crippen molar-refractivity contribution in [3.63, 3.8) is 0 Å². The molecule has 0 amide bonds. The predicted molar refractivity (Wildman–Crippen MR) is 79.7 cm³/mol. The van der Waals surface area contributed by atoms with Crippen molar-refractivity contribution >= 4 is 22.3 Å². The highest BCUT2D eigenvalue weighted by molar-refractivity contribution is 5.85. The number of para-hydroxylation sites is 2. The van der Waals surface area contributed by atoms with Crippen molar-refractivity contribution in [1.29, 1.82) is 0 Å². The van der Waals surface area contributed by atoms with Crippen LogP contribution in [0.4, 0.5) is 13.2 Å². The molecule has 0 unspecified atom stereocenters. The average molecular weight is 314 g/mol. The lowest BCUT2D eigenvalue weighted by Gasteiger charge is -2.06. The average Bonchev–Trinajstić information content (AvgIpc) is 2.94. The lowest BCUT2D eigenvalue weighted by molar-refractivity contribution is -0.137. The third-order valence-corrected chi connectivity index (χ3v) is 3.53. The van der Waals surface area contributed by atoms with E-state index in [-0.39, 0.29) is 0 Å². The number of aromatic nitrogens is 2. The molecule has 0 aliphatic rings. The molecule has 0 atom stereocenters. The van der Waals surface area contributed by atoms with E-state index >= 15 is 0 Å². The first-order chi connectivity index (χ1) is 11.0.